The van der Waals surface area contributed by atoms with Crippen molar-refractivity contribution in [1.82, 2.24) is 0 Å². The first kappa shape index (κ1) is 14.9. The van der Waals surface area contributed by atoms with Crippen LogP contribution in [-0.4, -0.2) is 6.54 Å². The molecule has 6 heteroatoms. The maximum atomic E-state index is 13.8. The number of nitrogens with two attached hydrogens (primary N) is 1. The fourth-order valence-corrected chi connectivity index (χ4v) is 2.08. The van der Waals surface area contributed by atoms with Crippen molar-refractivity contribution in [2.24, 2.45) is 5.73 Å². The number of hydrogen-bond donors (Lipinski definition) is 1. The van der Waals surface area contributed by atoms with E-state index in [9.17, 15) is 13.2 Å². The smallest absolute Gasteiger partial charge is 0.201 e. The van der Waals surface area contributed by atoms with Crippen molar-refractivity contribution in [3.05, 3.63) is 57.8 Å². The average Bonchev–Trinajstić information content (AvgIpc) is 2.38. The summed E-state index contributed by atoms with van der Waals surface area (Å²) in [5.41, 5.74) is 6.08. The van der Waals surface area contributed by atoms with Crippen molar-refractivity contribution < 1.29 is 17.9 Å². The molecule has 0 aromatic heterocycles. The van der Waals surface area contributed by atoms with Crippen LogP contribution in [0.2, 0.25) is 0 Å². The Balaban J connectivity index is 2.31. The van der Waals surface area contributed by atoms with Crippen molar-refractivity contribution in [3.63, 3.8) is 0 Å². The Morgan fingerprint density at radius 3 is 2.40 bits per heavy atom. The van der Waals surface area contributed by atoms with Crippen LogP contribution in [0.3, 0.4) is 0 Å². The third kappa shape index (κ3) is 3.32. The Morgan fingerprint density at radius 2 is 1.75 bits per heavy atom. The van der Waals surface area contributed by atoms with Gasteiger partial charge in [-0.2, -0.15) is 4.39 Å². The summed E-state index contributed by atoms with van der Waals surface area (Å²) in [5, 5.41) is 0. The van der Waals surface area contributed by atoms with E-state index in [2.05, 4.69) is 15.9 Å². The summed E-state index contributed by atoms with van der Waals surface area (Å²) in [6, 6.07) is 6.43. The predicted octanol–water partition coefficient (Wildman–Crippen LogP) is 4.16. The third-order valence-electron chi connectivity index (χ3n) is 2.61. The number of hydrogen-bond acceptors (Lipinski definition) is 2. The van der Waals surface area contributed by atoms with Gasteiger partial charge in [0.2, 0.25) is 5.82 Å². The molecule has 0 saturated heterocycles. The highest BCUT2D eigenvalue weighted by atomic mass is 79.9. The van der Waals surface area contributed by atoms with Crippen molar-refractivity contribution in [3.8, 4) is 11.5 Å². The standard InChI is InChI=1S/C14H11BrF3NO/c15-9-6-11(17)14(18)13(7-9)20-12-2-1-8(3-4-19)5-10(12)16/h1-2,5-7H,3-4,19H2. The molecule has 0 heterocycles. The van der Waals surface area contributed by atoms with Crippen LogP contribution in [0.5, 0.6) is 11.5 Å². The summed E-state index contributed by atoms with van der Waals surface area (Å²) >= 11 is 3.02. The molecule has 20 heavy (non-hydrogen) atoms. The highest BCUT2D eigenvalue weighted by molar-refractivity contribution is 9.10. The van der Waals surface area contributed by atoms with Crippen LogP contribution in [0.1, 0.15) is 5.56 Å². The first-order chi connectivity index (χ1) is 9.51. The molecule has 0 aliphatic heterocycles. The predicted molar refractivity (Wildman–Crippen MR) is 73.3 cm³/mol. The molecule has 0 amide bonds. The maximum Gasteiger partial charge on any atom is 0.201 e. The van der Waals surface area contributed by atoms with Gasteiger partial charge >= 0.3 is 0 Å². The fourth-order valence-electron chi connectivity index (χ4n) is 1.67. The highest BCUT2D eigenvalue weighted by Gasteiger charge is 2.14. The zero-order chi connectivity index (χ0) is 14.7. The molecule has 0 atom stereocenters. The Morgan fingerprint density at radius 1 is 1.00 bits per heavy atom. The summed E-state index contributed by atoms with van der Waals surface area (Å²) in [6.07, 6.45) is 0.525. The highest BCUT2D eigenvalue weighted by Crippen LogP contribution is 2.31. The Kier molecular flexibility index (Phi) is 4.67. The molecule has 106 valence electrons. The zero-order valence-corrected chi connectivity index (χ0v) is 11.9. The molecule has 0 aliphatic carbocycles. The van der Waals surface area contributed by atoms with E-state index < -0.39 is 17.5 Å². The lowest BCUT2D eigenvalue weighted by atomic mass is 10.1. The van der Waals surface area contributed by atoms with Gasteiger partial charge in [-0.05, 0) is 42.8 Å². The molecular formula is C14H11BrF3NO. The van der Waals surface area contributed by atoms with Crippen LogP contribution in [0.4, 0.5) is 13.2 Å². The van der Waals surface area contributed by atoms with Crippen LogP contribution >= 0.6 is 15.9 Å². The minimum absolute atomic E-state index is 0.179. The molecule has 0 saturated carbocycles. The Hall–Kier alpha value is -1.53. The average molecular weight is 346 g/mol. The van der Waals surface area contributed by atoms with Gasteiger partial charge in [-0.1, -0.05) is 22.0 Å². The number of benzene rings is 2. The molecule has 0 fully saturated rings. The first-order valence-electron chi connectivity index (χ1n) is 5.82. The molecule has 0 unspecified atom stereocenters. The van der Waals surface area contributed by atoms with Gasteiger partial charge in [0, 0.05) is 4.47 Å². The van der Waals surface area contributed by atoms with Crippen molar-refractivity contribution in [2.75, 3.05) is 6.54 Å². The molecule has 2 N–H and O–H groups in total. The molecule has 0 bridgehead atoms. The quantitative estimate of drug-likeness (QED) is 0.844. The topological polar surface area (TPSA) is 35.2 Å². The Bertz CT molecular complexity index is 634. The second-order valence-electron chi connectivity index (χ2n) is 4.11. The van der Waals surface area contributed by atoms with Crippen LogP contribution in [0.15, 0.2) is 34.8 Å². The van der Waals surface area contributed by atoms with Gasteiger partial charge in [0.05, 0.1) is 0 Å². The second-order valence-corrected chi connectivity index (χ2v) is 5.02. The third-order valence-corrected chi connectivity index (χ3v) is 3.07. The van der Waals surface area contributed by atoms with Gasteiger partial charge in [0.15, 0.2) is 23.1 Å². The number of rotatable bonds is 4. The van der Waals surface area contributed by atoms with Crippen molar-refractivity contribution in [2.45, 2.75) is 6.42 Å². The van der Waals surface area contributed by atoms with Crippen LogP contribution in [0, 0.1) is 17.5 Å². The van der Waals surface area contributed by atoms with E-state index in [-0.39, 0.29) is 11.5 Å². The van der Waals surface area contributed by atoms with E-state index in [1.54, 1.807) is 6.07 Å². The summed E-state index contributed by atoms with van der Waals surface area (Å²) in [5.74, 6) is -3.46. The summed E-state index contributed by atoms with van der Waals surface area (Å²) < 4.78 is 45.9. The first-order valence-corrected chi connectivity index (χ1v) is 6.61. The van der Waals surface area contributed by atoms with Crippen LogP contribution in [-0.2, 0) is 6.42 Å². The lowest BCUT2D eigenvalue weighted by Gasteiger charge is -2.10. The van der Waals surface area contributed by atoms with Crippen LogP contribution < -0.4 is 10.5 Å². The van der Waals surface area contributed by atoms with E-state index in [0.717, 1.165) is 6.07 Å². The summed E-state index contributed by atoms with van der Waals surface area (Å²) in [4.78, 5) is 0. The second kappa shape index (κ2) is 6.28. The molecule has 2 nitrogen and oxygen atoms in total. The zero-order valence-electron chi connectivity index (χ0n) is 10.3. The Labute approximate surface area is 122 Å². The van der Waals surface area contributed by atoms with Gasteiger partial charge < -0.3 is 10.5 Å². The molecule has 0 aliphatic rings. The van der Waals surface area contributed by atoms with Gasteiger partial charge in [-0.15, -0.1) is 0 Å². The molecule has 0 radical (unpaired) electrons. The monoisotopic (exact) mass is 345 g/mol. The van der Waals surface area contributed by atoms with Gasteiger partial charge in [0.25, 0.3) is 0 Å². The number of halogens is 4. The van der Waals surface area contributed by atoms with Gasteiger partial charge in [0.1, 0.15) is 0 Å². The molecular weight excluding hydrogens is 335 g/mol. The van der Waals surface area contributed by atoms with E-state index in [0.29, 0.717) is 23.0 Å². The molecule has 0 spiro atoms. The summed E-state index contributed by atoms with van der Waals surface area (Å²) in [6.45, 7) is 0.394. The largest absolute Gasteiger partial charge is 0.451 e. The normalized spacial score (nSPS) is 10.7. The van der Waals surface area contributed by atoms with Gasteiger partial charge in [-0.3, -0.25) is 0 Å². The van der Waals surface area contributed by atoms with Crippen molar-refractivity contribution >= 4 is 15.9 Å². The summed E-state index contributed by atoms with van der Waals surface area (Å²) in [7, 11) is 0. The number of ether oxygens (including phenoxy) is 1. The molecule has 2 rings (SSSR count). The van der Waals surface area contributed by atoms with Crippen LogP contribution in [0.25, 0.3) is 0 Å². The SMILES string of the molecule is NCCc1ccc(Oc2cc(Br)cc(F)c2F)c(F)c1. The van der Waals surface area contributed by atoms with Gasteiger partial charge in [-0.25, -0.2) is 8.78 Å². The fraction of sp³-hybridized carbons (Fsp3) is 0.143. The lowest BCUT2D eigenvalue weighted by molar-refractivity contribution is 0.396. The molecule has 2 aromatic rings. The molecule has 2 aromatic carbocycles. The van der Waals surface area contributed by atoms with E-state index in [4.69, 9.17) is 10.5 Å². The minimum Gasteiger partial charge on any atom is -0.451 e. The van der Waals surface area contributed by atoms with E-state index in [1.807, 2.05) is 0 Å². The van der Waals surface area contributed by atoms with Crippen molar-refractivity contribution in [1.29, 1.82) is 0 Å². The minimum atomic E-state index is -1.17. The maximum absolute atomic E-state index is 13.8. The van der Waals surface area contributed by atoms with E-state index >= 15 is 0 Å². The lowest BCUT2D eigenvalue weighted by Crippen LogP contribution is -2.03. The van der Waals surface area contributed by atoms with E-state index in [1.165, 1.54) is 18.2 Å².